The largest absolute Gasteiger partial charge is 0.508 e. The van der Waals surface area contributed by atoms with Crippen molar-refractivity contribution in [3.8, 4) is 5.75 Å². The third-order valence-corrected chi connectivity index (χ3v) is 2.52. The maximum Gasteiger partial charge on any atom is 0.121 e. The van der Waals surface area contributed by atoms with Crippen LogP contribution in [0.3, 0.4) is 0 Å². The van der Waals surface area contributed by atoms with E-state index in [1.807, 2.05) is 0 Å². The summed E-state index contributed by atoms with van der Waals surface area (Å²) in [6.07, 6.45) is -2.06. The average molecular weight is 214 g/mol. The van der Waals surface area contributed by atoms with Crippen molar-refractivity contribution >= 4 is 12.6 Å². The molecule has 0 spiro atoms. The number of phenols is 1. The van der Waals surface area contributed by atoms with Crippen molar-refractivity contribution in [2.45, 2.75) is 19.1 Å². The molecular weight excluding hydrogens is 200 g/mol. The zero-order chi connectivity index (χ0) is 10.7. The molecule has 0 aliphatic rings. The van der Waals surface area contributed by atoms with Crippen LogP contribution in [0.2, 0.25) is 0 Å². The normalized spacial score (nSPS) is 15.1. The van der Waals surface area contributed by atoms with E-state index in [1.54, 1.807) is 19.1 Å². The predicted octanol–water partition coefficient (Wildman–Crippen LogP) is 1.02. The van der Waals surface area contributed by atoms with Crippen molar-refractivity contribution in [3.05, 3.63) is 29.3 Å². The molecule has 0 aromatic heterocycles. The Bertz CT molecular complexity index is 294. The van der Waals surface area contributed by atoms with Gasteiger partial charge in [-0.1, -0.05) is 12.1 Å². The van der Waals surface area contributed by atoms with Gasteiger partial charge in [-0.05, 0) is 18.6 Å². The molecule has 0 amide bonds. The second-order valence-electron chi connectivity index (χ2n) is 3.20. The second kappa shape index (κ2) is 4.68. The van der Waals surface area contributed by atoms with Crippen molar-refractivity contribution in [3.63, 3.8) is 0 Å². The molecule has 14 heavy (non-hydrogen) atoms. The van der Waals surface area contributed by atoms with E-state index in [9.17, 15) is 15.3 Å². The number of hydrogen-bond donors (Lipinski definition) is 4. The van der Waals surface area contributed by atoms with Gasteiger partial charge >= 0.3 is 0 Å². The van der Waals surface area contributed by atoms with Crippen LogP contribution in [0.5, 0.6) is 5.75 Å². The van der Waals surface area contributed by atoms with E-state index < -0.39 is 12.2 Å². The minimum atomic E-state index is -1.09. The molecule has 1 rings (SSSR count). The summed E-state index contributed by atoms with van der Waals surface area (Å²) in [6.45, 7) is 1.77. The molecule has 3 nitrogen and oxygen atoms in total. The fourth-order valence-corrected chi connectivity index (χ4v) is 1.54. The summed E-state index contributed by atoms with van der Waals surface area (Å²) in [5, 5.41) is 28.6. The Labute approximate surface area is 88.4 Å². The van der Waals surface area contributed by atoms with Crippen LogP contribution in [0.15, 0.2) is 18.2 Å². The molecular formula is C10H14O3S. The van der Waals surface area contributed by atoms with E-state index in [-0.39, 0.29) is 11.5 Å². The van der Waals surface area contributed by atoms with Crippen LogP contribution in [0.25, 0.3) is 0 Å². The zero-order valence-corrected chi connectivity index (χ0v) is 8.78. The standard InChI is InChI=1S/C10H14O3S/c1-6-3-2-4-7(11)9(6)10(13)8(12)5-14/h2-4,8,10-14H,5H2,1H3. The average Bonchev–Trinajstić information content (AvgIpc) is 2.16. The molecule has 1 aromatic carbocycles. The van der Waals surface area contributed by atoms with Crippen molar-refractivity contribution in [1.82, 2.24) is 0 Å². The number of hydrogen-bond acceptors (Lipinski definition) is 4. The lowest BCUT2D eigenvalue weighted by Gasteiger charge is -2.19. The zero-order valence-electron chi connectivity index (χ0n) is 7.88. The lowest BCUT2D eigenvalue weighted by Crippen LogP contribution is -2.20. The van der Waals surface area contributed by atoms with Crippen LogP contribution in [0.4, 0.5) is 0 Å². The highest BCUT2D eigenvalue weighted by Crippen LogP contribution is 2.29. The van der Waals surface area contributed by atoms with E-state index >= 15 is 0 Å². The number of aryl methyl sites for hydroxylation is 1. The topological polar surface area (TPSA) is 60.7 Å². The van der Waals surface area contributed by atoms with Crippen molar-refractivity contribution < 1.29 is 15.3 Å². The summed E-state index contributed by atoms with van der Waals surface area (Å²) in [5.74, 6) is 0.146. The van der Waals surface area contributed by atoms with Gasteiger partial charge in [0.25, 0.3) is 0 Å². The number of aliphatic hydroxyl groups excluding tert-OH is 2. The fourth-order valence-electron chi connectivity index (χ4n) is 1.34. The molecule has 0 saturated heterocycles. The van der Waals surface area contributed by atoms with Gasteiger partial charge in [0.15, 0.2) is 0 Å². The summed E-state index contributed by atoms with van der Waals surface area (Å²) in [4.78, 5) is 0. The van der Waals surface area contributed by atoms with Crippen molar-refractivity contribution in [1.29, 1.82) is 0 Å². The van der Waals surface area contributed by atoms with Gasteiger partial charge < -0.3 is 15.3 Å². The minimum Gasteiger partial charge on any atom is -0.508 e. The lowest BCUT2D eigenvalue weighted by molar-refractivity contribution is 0.0319. The van der Waals surface area contributed by atoms with Gasteiger partial charge in [0.2, 0.25) is 0 Å². The van der Waals surface area contributed by atoms with Crippen LogP contribution < -0.4 is 0 Å². The van der Waals surface area contributed by atoms with Gasteiger partial charge in [0.05, 0.1) is 6.10 Å². The maximum atomic E-state index is 9.69. The quantitative estimate of drug-likeness (QED) is 0.568. The molecule has 78 valence electrons. The fraction of sp³-hybridized carbons (Fsp3) is 0.400. The molecule has 1 aromatic rings. The molecule has 2 atom stereocenters. The number of rotatable bonds is 3. The number of benzene rings is 1. The SMILES string of the molecule is Cc1cccc(O)c1C(O)C(O)CS. The third kappa shape index (κ3) is 2.20. The smallest absolute Gasteiger partial charge is 0.121 e. The molecule has 0 radical (unpaired) electrons. The van der Waals surface area contributed by atoms with E-state index in [1.165, 1.54) is 6.07 Å². The molecule has 0 saturated carbocycles. The van der Waals surface area contributed by atoms with Gasteiger partial charge in [-0.2, -0.15) is 12.6 Å². The van der Waals surface area contributed by atoms with Gasteiger partial charge in [0, 0.05) is 11.3 Å². The first-order chi connectivity index (χ1) is 6.57. The van der Waals surface area contributed by atoms with Crippen LogP contribution in [-0.2, 0) is 0 Å². The molecule has 2 unspecified atom stereocenters. The predicted molar refractivity (Wildman–Crippen MR) is 57.7 cm³/mol. The van der Waals surface area contributed by atoms with E-state index in [4.69, 9.17) is 0 Å². The third-order valence-electron chi connectivity index (χ3n) is 2.15. The Morgan fingerprint density at radius 1 is 1.36 bits per heavy atom. The molecule has 3 N–H and O–H groups in total. The van der Waals surface area contributed by atoms with Crippen LogP contribution in [0.1, 0.15) is 17.2 Å². The highest BCUT2D eigenvalue weighted by atomic mass is 32.1. The van der Waals surface area contributed by atoms with Crippen LogP contribution in [-0.4, -0.2) is 27.2 Å². The molecule has 4 heteroatoms. The molecule has 0 aliphatic heterocycles. The summed E-state index contributed by atoms with van der Waals surface area (Å²) in [5.41, 5.74) is 1.12. The summed E-state index contributed by atoms with van der Waals surface area (Å²) < 4.78 is 0. The first-order valence-corrected chi connectivity index (χ1v) is 4.96. The summed E-state index contributed by atoms with van der Waals surface area (Å²) >= 11 is 3.88. The number of aliphatic hydroxyl groups is 2. The summed E-state index contributed by atoms with van der Waals surface area (Å²) in [6, 6.07) is 4.94. The van der Waals surface area contributed by atoms with Crippen LogP contribution in [0, 0.1) is 6.92 Å². The Balaban J connectivity index is 3.05. The van der Waals surface area contributed by atoms with Gasteiger partial charge in [-0.15, -0.1) is 0 Å². The number of thiol groups is 1. The lowest BCUT2D eigenvalue weighted by atomic mass is 9.99. The first kappa shape index (κ1) is 11.4. The van der Waals surface area contributed by atoms with E-state index in [0.717, 1.165) is 5.56 Å². The Morgan fingerprint density at radius 2 is 2.00 bits per heavy atom. The second-order valence-corrected chi connectivity index (χ2v) is 3.57. The Morgan fingerprint density at radius 3 is 2.50 bits per heavy atom. The number of phenolic OH excluding ortho intramolecular Hbond substituents is 1. The summed E-state index contributed by atoms with van der Waals surface area (Å²) in [7, 11) is 0. The number of aromatic hydroxyl groups is 1. The molecule has 0 bridgehead atoms. The monoisotopic (exact) mass is 214 g/mol. The Hall–Kier alpha value is -0.710. The molecule has 0 fully saturated rings. The minimum absolute atomic E-state index is 0.00154. The first-order valence-electron chi connectivity index (χ1n) is 4.33. The van der Waals surface area contributed by atoms with Crippen LogP contribution >= 0.6 is 12.6 Å². The molecule has 0 heterocycles. The van der Waals surface area contributed by atoms with E-state index in [0.29, 0.717) is 5.56 Å². The maximum absolute atomic E-state index is 9.69. The van der Waals surface area contributed by atoms with Gasteiger partial charge in [0.1, 0.15) is 11.9 Å². The molecule has 0 aliphatic carbocycles. The van der Waals surface area contributed by atoms with Gasteiger partial charge in [-0.3, -0.25) is 0 Å². The highest BCUT2D eigenvalue weighted by molar-refractivity contribution is 7.80. The van der Waals surface area contributed by atoms with Gasteiger partial charge in [-0.25, -0.2) is 0 Å². The van der Waals surface area contributed by atoms with E-state index in [2.05, 4.69) is 12.6 Å². The highest BCUT2D eigenvalue weighted by Gasteiger charge is 2.21. The Kier molecular flexibility index (Phi) is 3.80. The van der Waals surface area contributed by atoms with Crippen molar-refractivity contribution in [2.24, 2.45) is 0 Å². The van der Waals surface area contributed by atoms with Crippen molar-refractivity contribution in [2.75, 3.05) is 5.75 Å².